The van der Waals surface area contributed by atoms with Gasteiger partial charge < -0.3 is 4.74 Å². The summed E-state index contributed by atoms with van der Waals surface area (Å²) in [5.41, 5.74) is 2.79. The summed E-state index contributed by atoms with van der Waals surface area (Å²) in [6.45, 7) is 12.9. The van der Waals surface area contributed by atoms with Crippen LogP contribution in [0.4, 0.5) is 0 Å². The van der Waals surface area contributed by atoms with E-state index in [0.29, 0.717) is 42.6 Å². The number of unbranched alkanes of at least 4 members (excludes halogenated alkanes) is 9. The van der Waals surface area contributed by atoms with Gasteiger partial charge in [-0.05, 0) is 56.9 Å². The summed E-state index contributed by atoms with van der Waals surface area (Å²) >= 11 is 0. The first-order valence-corrected chi connectivity index (χ1v) is 12.4. The fourth-order valence-corrected chi connectivity index (χ4v) is 4.43. The molecule has 2 unspecified atom stereocenters. The Kier molecular flexibility index (Phi) is 13.7. The van der Waals surface area contributed by atoms with Crippen LogP contribution in [0.3, 0.4) is 0 Å². The molecule has 0 bridgehead atoms. The van der Waals surface area contributed by atoms with E-state index in [9.17, 15) is 9.59 Å². The van der Waals surface area contributed by atoms with Crippen LogP contribution in [-0.4, -0.2) is 18.4 Å². The Bertz CT molecular complexity index is 573. The molecular weight excluding hydrogens is 372 g/mol. The van der Waals surface area contributed by atoms with Crippen molar-refractivity contribution in [1.82, 2.24) is 0 Å². The van der Waals surface area contributed by atoms with Crippen LogP contribution in [0.25, 0.3) is 0 Å². The molecule has 1 aliphatic rings. The smallest absolute Gasteiger partial charge is 0.333 e. The zero-order valence-corrected chi connectivity index (χ0v) is 20.2. The van der Waals surface area contributed by atoms with Crippen LogP contribution in [0, 0.1) is 11.8 Å². The zero-order chi connectivity index (χ0) is 22.4. The monoisotopic (exact) mass is 418 g/mol. The maximum Gasteiger partial charge on any atom is 0.333 e. The highest BCUT2D eigenvalue weighted by Crippen LogP contribution is 2.36. The molecule has 0 N–H and O–H groups in total. The van der Waals surface area contributed by atoms with Gasteiger partial charge in [0.15, 0.2) is 5.78 Å². The molecule has 0 amide bonds. The van der Waals surface area contributed by atoms with Crippen molar-refractivity contribution in [3.05, 3.63) is 23.3 Å². The number of Topliss-reactive ketones (excluding diaryl/α,β-unsaturated/α-hetero) is 1. The Labute approximate surface area is 185 Å². The number of carbonyl (C=O) groups is 2. The molecule has 0 aromatic carbocycles. The average molecular weight is 419 g/mol. The number of ketones is 1. The van der Waals surface area contributed by atoms with Crippen molar-refractivity contribution in [1.29, 1.82) is 0 Å². The van der Waals surface area contributed by atoms with Gasteiger partial charge in [0.1, 0.15) is 0 Å². The van der Waals surface area contributed by atoms with E-state index >= 15 is 0 Å². The van der Waals surface area contributed by atoms with Crippen molar-refractivity contribution in [2.75, 3.05) is 6.61 Å². The number of ether oxygens (including phenoxy) is 1. The number of hydrogen-bond donors (Lipinski definition) is 0. The number of hydrogen-bond acceptors (Lipinski definition) is 3. The Morgan fingerprint density at radius 3 is 2.10 bits per heavy atom. The second-order valence-corrected chi connectivity index (χ2v) is 9.33. The highest BCUT2D eigenvalue weighted by atomic mass is 16.5. The summed E-state index contributed by atoms with van der Waals surface area (Å²) in [5, 5.41) is 0. The molecule has 0 aliphatic heterocycles. The van der Waals surface area contributed by atoms with Gasteiger partial charge in [0, 0.05) is 12.0 Å². The first-order chi connectivity index (χ1) is 14.4. The first-order valence-electron chi connectivity index (χ1n) is 12.4. The van der Waals surface area contributed by atoms with Crippen LogP contribution < -0.4 is 0 Å². The maximum atomic E-state index is 12.1. The number of rotatable bonds is 17. The van der Waals surface area contributed by atoms with Crippen molar-refractivity contribution < 1.29 is 14.3 Å². The third kappa shape index (κ3) is 10.1. The van der Waals surface area contributed by atoms with E-state index in [0.717, 1.165) is 31.3 Å². The molecule has 0 aromatic rings. The standard InChI is InChI=1S/C27H46O3/c1-6-7-8-9-10-11-12-13-14-15-19-30-27(29)22(3)18-16-17-21(2)25-20-26(28)24(5)23(25)4/h21,25H,3,6-20H2,1-2,4-5H3. The maximum absolute atomic E-state index is 12.1. The molecule has 0 fully saturated rings. The van der Waals surface area contributed by atoms with Gasteiger partial charge >= 0.3 is 5.97 Å². The van der Waals surface area contributed by atoms with E-state index in [1.54, 1.807) is 0 Å². The van der Waals surface area contributed by atoms with Crippen LogP contribution in [-0.2, 0) is 14.3 Å². The molecule has 0 heterocycles. The third-order valence-electron chi connectivity index (χ3n) is 6.82. The van der Waals surface area contributed by atoms with Crippen molar-refractivity contribution in [3.63, 3.8) is 0 Å². The van der Waals surface area contributed by atoms with Crippen LogP contribution in [0.5, 0.6) is 0 Å². The fourth-order valence-electron chi connectivity index (χ4n) is 4.43. The lowest BCUT2D eigenvalue weighted by Crippen LogP contribution is -2.12. The summed E-state index contributed by atoms with van der Waals surface area (Å²) in [6, 6.07) is 0. The molecule has 0 spiro atoms. The van der Waals surface area contributed by atoms with E-state index < -0.39 is 0 Å². The Morgan fingerprint density at radius 2 is 1.57 bits per heavy atom. The number of esters is 1. The van der Waals surface area contributed by atoms with Crippen LogP contribution in [0.15, 0.2) is 23.3 Å². The summed E-state index contributed by atoms with van der Waals surface area (Å²) in [6.07, 6.45) is 16.0. The summed E-state index contributed by atoms with van der Waals surface area (Å²) in [7, 11) is 0. The van der Waals surface area contributed by atoms with Gasteiger partial charge in [-0.2, -0.15) is 0 Å². The minimum Gasteiger partial charge on any atom is -0.462 e. The molecule has 172 valence electrons. The molecule has 1 aliphatic carbocycles. The predicted molar refractivity (Wildman–Crippen MR) is 126 cm³/mol. The minimum absolute atomic E-state index is 0.235. The summed E-state index contributed by atoms with van der Waals surface area (Å²) in [5.74, 6) is 0.891. The molecule has 0 saturated carbocycles. The topological polar surface area (TPSA) is 43.4 Å². The lowest BCUT2D eigenvalue weighted by atomic mass is 9.85. The van der Waals surface area contributed by atoms with Gasteiger partial charge in [-0.3, -0.25) is 4.79 Å². The minimum atomic E-state index is -0.235. The van der Waals surface area contributed by atoms with E-state index in [1.807, 2.05) is 6.92 Å². The molecule has 30 heavy (non-hydrogen) atoms. The largest absolute Gasteiger partial charge is 0.462 e. The molecule has 3 heteroatoms. The van der Waals surface area contributed by atoms with E-state index in [1.165, 1.54) is 56.9 Å². The lowest BCUT2D eigenvalue weighted by Gasteiger charge is -2.20. The van der Waals surface area contributed by atoms with Crippen molar-refractivity contribution >= 4 is 11.8 Å². The van der Waals surface area contributed by atoms with Gasteiger partial charge in [-0.15, -0.1) is 0 Å². The Hall–Kier alpha value is -1.38. The third-order valence-corrected chi connectivity index (χ3v) is 6.82. The Balaban J connectivity index is 2.03. The molecule has 0 radical (unpaired) electrons. The van der Waals surface area contributed by atoms with E-state index in [4.69, 9.17) is 4.74 Å². The molecule has 0 aromatic heterocycles. The average Bonchev–Trinajstić information content (AvgIpc) is 2.99. The second-order valence-electron chi connectivity index (χ2n) is 9.33. The quantitative estimate of drug-likeness (QED) is 0.138. The Morgan fingerprint density at radius 1 is 1.00 bits per heavy atom. The van der Waals surface area contributed by atoms with Gasteiger partial charge in [0.25, 0.3) is 0 Å². The van der Waals surface area contributed by atoms with Gasteiger partial charge in [0.05, 0.1) is 6.61 Å². The highest BCUT2D eigenvalue weighted by Gasteiger charge is 2.30. The highest BCUT2D eigenvalue weighted by molar-refractivity contribution is 5.98. The summed E-state index contributed by atoms with van der Waals surface area (Å²) in [4.78, 5) is 24.0. The molecular formula is C27H46O3. The SMILES string of the molecule is C=C(CCCC(C)C1CC(=O)C(C)=C1C)C(=O)OCCCCCCCCCCCC. The predicted octanol–water partition coefficient (Wildman–Crippen LogP) is 7.74. The lowest BCUT2D eigenvalue weighted by molar-refractivity contribution is -0.139. The number of carbonyl (C=O) groups excluding carboxylic acids is 2. The fraction of sp³-hybridized carbons (Fsp3) is 0.778. The van der Waals surface area contributed by atoms with Crippen LogP contribution >= 0.6 is 0 Å². The van der Waals surface area contributed by atoms with Crippen molar-refractivity contribution in [2.24, 2.45) is 11.8 Å². The van der Waals surface area contributed by atoms with E-state index in [-0.39, 0.29) is 5.97 Å². The molecule has 0 saturated heterocycles. The summed E-state index contributed by atoms with van der Waals surface area (Å²) < 4.78 is 5.39. The van der Waals surface area contributed by atoms with Gasteiger partial charge in [-0.1, -0.05) is 83.8 Å². The van der Waals surface area contributed by atoms with Crippen molar-refractivity contribution in [2.45, 2.75) is 118 Å². The molecule has 2 atom stereocenters. The zero-order valence-electron chi connectivity index (χ0n) is 20.2. The van der Waals surface area contributed by atoms with Gasteiger partial charge in [0.2, 0.25) is 0 Å². The van der Waals surface area contributed by atoms with Crippen LogP contribution in [0.1, 0.15) is 118 Å². The second kappa shape index (κ2) is 15.4. The van der Waals surface area contributed by atoms with E-state index in [2.05, 4.69) is 27.4 Å². The number of allylic oxidation sites excluding steroid dienone is 2. The molecule has 1 rings (SSSR count). The first kappa shape index (κ1) is 26.7. The van der Waals surface area contributed by atoms with Crippen LogP contribution in [0.2, 0.25) is 0 Å². The van der Waals surface area contributed by atoms with Crippen molar-refractivity contribution in [3.8, 4) is 0 Å². The normalized spacial score (nSPS) is 17.5. The molecule has 3 nitrogen and oxygen atoms in total. The van der Waals surface area contributed by atoms with Gasteiger partial charge in [-0.25, -0.2) is 4.79 Å².